The van der Waals surface area contributed by atoms with E-state index in [9.17, 15) is 16.8 Å². The molecular weight excluding hydrogens is 290 g/mol. The zero-order chi connectivity index (χ0) is 14.1. The molecule has 2 rings (SSSR count). The first kappa shape index (κ1) is 14.3. The maximum absolute atomic E-state index is 12.0. The average molecular weight is 307 g/mol. The smallest absolute Gasteiger partial charge is 0.237 e. The fourth-order valence-corrected chi connectivity index (χ4v) is 6.07. The second-order valence-electron chi connectivity index (χ2n) is 4.70. The van der Waals surface area contributed by atoms with Crippen molar-refractivity contribution in [2.24, 2.45) is 0 Å². The number of rotatable bonds is 5. The van der Waals surface area contributed by atoms with Crippen LogP contribution >= 0.6 is 0 Å². The van der Waals surface area contributed by atoms with Crippen LogP contribution in [0.5, 0.6) is 0 Å². The van der Waals surface area contributed by atoms with E-state index in [1.54, 1.807) is 6.07 Å². The van der Waals surface area contributed by atoms with Crippen LogP contribution in [0.25, 0.3) is 0 Å². The first-order valence-corrected chi connectivity index (χ1v) is 9.45. The molecule has 2 N–H and O–H groups in total. The summed E-state index contributed by atoms with van der Waals surface area (Å²) in [5.41, 5.74) is 0.847. The van der Waals surface area contributed by atoms with Crippen molar-refractivity contribution in [2.75, 3.05) is 16.2 Å². The van der Waals surface area contributed by atoms with Crippen molar-refractivity contribution in [3.05, 3.63) is 11.8 Å². The monoisotopic (exact) mass is 307 g/mol. The van der Waals surface area contributed by atoms with Gasteiger partial charge in [0.2, 0.25) is 10.0 Å². The molecule has 0 bridgehead atoms. The van der Waals surface area contributed by atoms with E-state index in [1.807, 2.05) is 6.92 Å². The lowest BCUT2D eigenvalue weighted by atomic mass is 10.2. The minimum atomic E-state index is -3.70. The molecule has 1 aromatic rings. The average Bonchev–Trinajstić information content (AvgIpc) is 2.85. The third-order valence-electron chi connectivity index (χ3n) is 3.03. The van der Waals surface area contributed by atoms with Gasteiger partial charge in [0, 0.05) is 11.8 Å². The van der Waals surface area contributed by atoms with Crippen molar-refractivity contribution in [1.29, 1.82) is 0 Å². The predicted octanol–water partition coefficient (Wildman–Crippen LogP) is 0.291. The van der Waals surface area contributed by atoms with Crippen LogP contribution in [0.3, 0.4) is 0 Å². The van der Waals surface area contributed by atoms with Gasteiger partial charge in [-0.25, -0.2) is 16.8 Å². The SMILES string of the molecule is CCCc1cc(NS(=O)(=O)C2CCS(=O)(=O)C2)n[nH]1. The van der Waals surface area contributed by atoms with Crippen LogP contribution in [0.15, 0.2) is 6.07 Å². The molecule has 0 amide bonds. The Morgan fingerprint density at radius 2 is 2.26 bits per heavy atom. The quantitative estimate of drug-likeness (QED) is 0.812. The molecule has 0 aromatic carbocycles. The van der Waals surface area contributed by atoms with Crippen molar-refractivity contribution in [3.63, 3.8) is 0 Å². The molecule has 1 atom stereocenters. The van der Waals surface area contributed by atoms with Crippen LogP contribution in [0.1, 0.15) is 25.5 Å². The van der Waals surface area contributed by atoms with Crippen molar-refractivity contribution >= 4 is 25.7 Å². The van der Waals surface area contributed by atoms with E-state index in [1.165, 1.54) is 0 Å². The van der Waals surface area contributed by atoms with Crippen LogP contribution in [0.4, 0.5) is 5.82 Å². The van der Waals surface area contributed by atoms with Crippen LogP contribution in [0, 0.1) is 0 Å². The second kappa shape index (κ2) is 5.12. The summed E-state index contributed by atoms with van der Waals surface area (Å²) in [6.07, 6.45) is 1.85. The van der Waals surface area contributed by atoms with Gasteiger partial charge in [-0.2, -0.15) is 5.10 Å². The maximum atomic E-state index is 12.0. The number of aromatic amines is 1. The summed E-state index contributed by atoms with van der Waals surface area (Å²) in [5, 5.41) is 5.72. The standard InChI is InChI=1S/C10H17N3O4S2/c1-2-3-8-6-10(12-11-8)13-19(16,17)9-4-5-18(14,15)7-9/h6,9H,2-5,7H2,1H3,(H2,11,12,13). The molecule has 1 aliphatic heterocycles. The first-order chi connectivity index (χ1) is 8.82. The molecule has 7 nitrogen and oxygen atoms in total. The Hall–Kier alpha value is -1.09. The third-order valence-corrected chi connectivity index (χ3v) is 6.78. The Balaban J connectivity index is 2.08. The summed E-state index contributed by atoms with van der Waals surface area (Å²) in [4.78, 5) is 0. The van der Waals surface area contributed by atoms with Gasteiger partial charge >= 0.3 is 0 Å². The van der Waals surface area contributed by atoms with Gasteiger partial charge < -0.3 is 0 Å². The largest absolute Gasteiger partial charge is 0.280 e. The number of sulfonamides is 1. The molecule has 2 heterocycles. The molecule has 1 unspecified atom stereocenters. The number of H-pyrrole nitrogens is 1. The highest BCUT2D eigenvalue weighted by atomic mass is 32.2. The van der Waals surface area contributed by atoms with Crippen LogP contribution < -0.4 is 4.72 Å². The molecule has 9 heteroatoms. The highest BCUT2D eigenvalue weighted by molar-refractivity contribution is 7.97. The van der Waals surface area contributed by atoms with Crippen LogP contribution in [0.2, 0.25) is 0 Å². The van der Waals surface area contributed by atoms with E-state index >= 15 is 0 Å². The summed E-state index contributed by atoms with van der Waals surface area (Å²) in [6.45, 7) is 2.01. The van der Waals surface area contributed by atoms with E-state index in [-0.39, 0.29) is 23.7 Å². The Bertz CT molecular complexity index is 648. The van der Waals surface area contributed by atoms with Gasteiger partial charge in [0.05, 0.1) is 16.8 Å². The summed E-state index contributed by atoms with van der Waals surface area (Å²) in [7, 11) is -6.92. The van der Waals surface area contributed by atoms with Gasteiger partial charge in [-0.05, 0) is 12.8 Å². The molecule has 1 aromatic heterocycles. The minimum Gasteiger partial charge on any atom is -0.280 e. The lowest BCUT2D eigenvalue weighted by Gasteiger charge is -2.09. The predicted molar refractivity (Wildman–Crippen MR) is 72.2 cm³/mol. The number of aromatic nitrogens is 2. The van der Waals surface area contributed by atoms with Crippen LogP contribution in [-0.4, -0.2) is 43.8 Å². The number of anilines is 1. The zero-order valence-corrected chi connectivity index (χ0v) is 12.2. The Labute approximate surface area is 112 Å². The fourth-order valence-electron chi connectivity index (χ4n) is 2.05. The summed E-state index contributed by atoms with van der Waals surface area (Å²) >= 11 is 0. The van der Waals surface area contributed by atoms with Crippen LogP contribution in [-0.2, 0) is 26.3 Å². The molecule has 1 fully saturated rings. The molecule has 1 aliphatic rings. The van der Waals surface area contributed by atoms with E-state index in [4.69, 9.17) is 0 Å². The van der Waals surface area contributed by atoms with Gasteiger partial charge in [0.1, 0.15) is 0 Å². The van der Waals surface area contributed by atoms with Gasteiger partial charge in [0.25, 0.3) is 0 Å². The molecule has 108 valence electrons. The van der Waals surface area contributed by atoms with Gasteiger partial charge in [-0.15, -0.1) is 0 Å². The molecule has 0 spiro atoms. The van der Waals surface area contributed by atoms with Gasteiger partial charge in [-0.3, -0.25) is 9.82 Å². The van der Waals surface area contributed by atoms with Crippen molar-refractivity contribution in [1.82, 2.24) is 10.2 Å². The van der Waals surface area contributed by atoms with E-state index in [2.05, 4.69) is 14.9 Å². The number of sulfone groups is 1. The Morgan fingerprint density at radius 1 is 1.53 bits per heavy atom. The topological polar surface area (TPSA) is 109 Å². The van der Waals surface area contributed by atoms with Crippen molar-refractivity contribution in [3.8, 4) is 0 Å². The highest BCUT2D eigenvalue weighted by Crippen LogP contribution is 2.21. The summed E-state index contributed by atoms with van der Waals surface area (Å²) in [5.74, 6) is -0.165. The summed E-state index contributed by atoms with van der Waals surface area (Å²) in [6, 6.07) is 1.63. The lowest BCUT2D eigenvalue weighted by molar-refractivity contribution is 0.587. The Morgan fingerprint density at radius 3 is 2.84 bits per heavy atom. The second-order valence-corrected chi connectivity index (χ2v) is 8.89. The van der Waals surface area contributed by atoms with E-state index < -0.39 is 25.1 Å². The highest BCUT2D eigenvalue weighted by Gasteiger charge is 2.37. The Kier molecular flexibility index (Phi) is 3.86. The van der Waals surface area contributed by atoms with E-state index in [0.29, 0.717) is 0 Å². The third kappa shape index (κ3) is 3.47. The van der Waals surface area contributed by atoms with Gasteiger partial charge in [0.15, 0.2) is 15.7 Å². The number of hydrogen-bond acceptors (Lipinski definition) is 5. The maximum Gasteiger partial charge on any atom is 0.237 e. The molecule has 19 heavy (non-hydrogen) atoms. The fraction of sp³-hybridized carbons (Fsp3) is 0.700. The number of aryl methyl sites for hydroxylation is 1. The van der Waals surface area contributed by atoms with Crippen molar-refractivity contribution in [2.45, 2.75) is 31.4 Å². The van der Waals surface area contributed by atoms with Gasteiger partial charge in [-0.1, -0.05) is 13.3 Å². The normalized spacial score (nSPS) is 22.5. The molecule has 1 saturated heterocycles. The van der Waals surface area contributed by atoms with Crippen molar-refractivity contribution < 1.29 is 16.8 Å². The number of nitrogens with one attached hydrogen (secondary N) is 2. The van der Waals surface area contributed by atoms with E-state index in [0.717, 1.165) is 18.5 Å². The summed E-state index contributed by atoms with van der Waals surface area (Å²) < 4.78 is 49.0. The molecule has 0 saturated carbocycles. The molecule has 0 aliphatic carbocycles. The lowest BCUT2D eigenvalue weighted by Crippen LogP contribution is -2.28. The zero-order valence-electron chi connectivity index (χ0n) is 10.6. The first-order valence-electron chi connectivity index (χ1n) is 6.09. The molecule has 0 radical (unpaired) electrons. The molecular formula is C10H17N3O4S2. The number of nitrogens with zero attached hydrogens (tertiary/aromatic N) is 1. The number of hydrogen-bond donors (Lipinski definition) is 2. The minimum absolute atomic E-state index is 0.0692.